The van der Waals surface area contributed by atoms with Crippen molar-refractivity contribution in [3.63, 3.8) is 0 Å². The van der Waals surface area contributed by atoms with E-state index < -0.39 is 24.1 Å². The summed E-state index contributed by atoms with van der Waals surface area (Å²) >= 11 is 0. The first-order valence-corrected chi connectivity index (χ1v) is 8.65. The van der Waals surface area contributed by atoms with E-state index >= 15 is 0 Å². The van der Waals surface area contributed by atoms with Gasteiger partial charge in [0.15, 0.2) is 0 Å². The number of hydrogen-bond donors (Lipinski definition) is 2. The number of amides is 2. The molecule has 134 valence electrons. The molecule has 6 heteroatoms. The third-order valence-electron chi connectivity index (χ3n) is 5.18. The molecule has 1 aliphatic carbocycles. The average molecular weight is 352 g/mol. The molecule has 0 spiro atoms. The number of aliphatic hydroxyl groups excluding tert-OH is 1. The molecule has 2 unspecified atom stereocenters. The molecule has 1 heterocycles. The van der Waals surface area contributed by atoms with Crippen molar-refractivity contribution >= 4 is 12.0 Å². The van der Waals surface area contributed by atoms with E-state index in [1.54, 1.807) is 0 Å². The van der Waals surface area contributed by atoms with Crippen LogP contribution < -0.4 is 5.73 Å². The fourth-order valence-electron chi connectivity index (χ4n) is 3.96. The standard InChI is InChI=1S/C20H20N2O4/c21-19(24)18-9-12(23)10-22(18)20(25)26-11-17-15-7-3-1-5-13(15)14-6-2-4-8-16(14)17/h1-8,12,17-18,23H,9-11H2,(H2,21,24). The fourth-order valence-corrected chi connectivity index (χ4v) is 3.96. The quantitative estimate of drug-likeness (QED) is 0.882. The van der Waals surface area contributed by atoms with E-state index in [1.165, 1.54) is 4.90 Å². The van der Waals surface area contributed by atoms with Gasteiger partial charge in [0.25, 0.3) is 0 Å². The van der Waals surface area contributed by atoms with Crippen LogP contribution >= 0.6 is 0 Å². The summed E-state index contributed by atoms with van der Waals surface area (Å²) in [6.45, 7) is 0.231. The summed E-state index contributed by atoms with van der Waals surface area (Å²) in [6.07, 6.45) is -1.22. The van der Waals surface area contributed by atoms with Crippen LogP contribution in [0.5, 0.6) is 0 Å². The van der Waals surface area contributed by atoms with Gasteiger partial charge in [0, 0.05) is 12.3 Å². The maximum absolute atomic E-state index is 12.5. The first kappa shape index (κ1) is 16.6. The second kappa shape index (κ2) is 6.46. The van der Waals surface area contributed by atoms with E-state index in [1.807, 2.05) is 36.4 Å². The van der Waals surface area contributed by atoms with Crippen LogP contribution in [0.4, 0.5) is 4.79 Å². The smallest absolute Gasteiger partial charge is 0.410 e. The number of primary amides is 1. The van der Waals surface area contributed by atoms with Crippen LogP contribution in [0.1, 0.15) is 23.5 Å². The summed E-state index contributed by atoms with van der Waals surface area (Å²) < 4.78 is 5.52. The van der Waals surface area contributed by atoms with Crippen molar-refractivity contribution in [3.05, 3.63) is 59.7 Å². The topological polar surface area (TPSA) is 92.9 Å². The molecule has 1 fully saturated rings. The van der Waals surface area contributed by atoms with Gasteiger partial charge in [0.05, 0.1) is 12.6 Å². The number of nitrogens with two attached hydrogens (primary N) is 1. The molecular weight excluding hydrogens is 332 g/mol. The predicted molar refractivity (Wildman–Crippen MR) is 95.4 cm³/mol. The molecule has 2 aliphatic rings. The lowest BCUT2D eigenvalue weighted by molar-refractivity contribution is -0.122. The zero-order valence-electron chi connectivity index (χ0n) is 14.2. The Morgan fingerprint density at radius 1 is 1.08 bits per heavy atom. The van der Waals surface area contributed by atoms with E-state index in [-0.39, 0.29) is 25.5 Å². The molecule has 6 nitrogen and oxygen atoms in total. The Labute approximate surface area is 151 Å². The largest absolute Gasteiger partial charge is 0.448 e. The molecule has 3 N–H and O–H groups in total. The maximum Gasteiger partial charge on any atom is 0.410 e. The Bertz CT molecular complexity index is 821. The van der Waals surface area contributed by atoms with Gasteiger partial charge in [-0.3, -0.25) is 9.69 Å². The minimum atomic E-state index is -0.819. The van der Waals surface area contributed by atoms with Crippen LogP contribution in [0.15, 0.2) is 48.5 Å². The van der Waals surface area contributed by atoms with Crippen molar-refractivity contribution < 1.29 is 19.4 Å². The second-order valence-corrected chi connectivity index (χ2v) is 6.76. The first-order valence-electron chi connectivity index (χ1n) is 8.65. The lowest BCUT2D eigenvalue weighted by Crippen LogP contribution is -2.44. The second-order valence-electron chi connectivity index (χ2n) is 6.76. The lowest BCUT2D eigenvalue weighted by Gasteiger charge is -2.22. The summed E-state index contributed by atoms with van der Waals surface area (Å²) in [5.74, 6) is -0.680. The molecule has 26 heavy (non-hydrogen) atoms. The highest BCUT2D eigenvalue weighted by Crippen LogP contribution is 2.44. The van der Waals surface area contributed by atoms with Gasteiger partial charge in [0.1, 0.15) is 12.6 Å². The van der Waals surface area contributed by atoms with Gasteiger partial charge in [-0.2, -0.15) is 0 Å². The van der Waals surface area contributed by atoms with Gasteiger partial charge in [-0.05, 0) is 22.3 Å². The monoisotopic (exact) mass is 352 g/mol. The zero-order chi connectivity index (χ0) is 18.3. The molecule has 2 aromatic rings. The number of likely N-dealkylation sites (tertiary alicyclic amines) is 1. The number of hydrogen-bond acceptors (Lipinski definition) is 4. The van der Waals surface area contributed by atoms with E-state index in [4.69, 9.17) is 10.5 Å². The summed E-state index contributed by atoms with van der Waals surface area (Å²) in [4.78, 5) is 25.2. The number of benzene rings is 2. The maximum atomic E-state index is 12.5. The minimum Gasteiger partial charge on any atom is -0.448 e. The number of fused-ring (bicyclic) bond motifs is 3. The Morgan fingerprint density at radius 3 is 2.23 bits per heavy atom. The highest BCUT2D eigenvalue weighted by molar-refractivity contribution is 5.85. The molecule has 0 saturated carbocycles. The third kappa shape index (κ3) is 2.72. The van der Waals surface area contributed by atoms with Gasteiger partial charge >= 0.3 is 6.09 Å². The number of β-amino-alcohol motifs (C(OH)–C–C–N with tert-alkyl or cyclic N) is 1. The number of nitrogens with zero attached hydrogens (tertiary/aromatic N) is 1. The van der Waals surface area contributed by atoms with Gasteiger partial charge in [-0.15, -0.1) is 0 Å². The average Bonchev–Trinajstić information content (AvgIpc) is 3.18. The predicted octanol–water partition coefficient (Wildman–Crippen LogP) is 1.86. The number of carbonyl (C=O) groups is 2. The van der Waals surface area contributed by atoms with Crippen molar-refractivity contribution in [1.82, 2.24) is 4.90 Å². The third-order valence-corrected chi connectivity index (χ3v) is 5.18. The molecule has 0 radical (unpaired) electrons. The van der Waals surface area contributed by atoms with E-state index in [9.17, 15) is 14.7 Å². The van der Waals surface area contributed by atoms with E-state index in [2.05, 4.69) is 12.1 Å². The van der Waals surface area contributed by atoms with Crippen molar-refractivity contribution in [1.29, 1.82) is 0 Å². The molecular formula is C20H20N2O4. The SMILES string of the molecule is NC(=O)C1CC(O)CN1C(=O)OCC1c2ccccc2-c2ccccc21. The molecule has 0 bridgehead atoms. The number of aliphatic hydroxyl groups is 1. The van der Waals surface area contributed by atoms with Crippen LogP contribution in [-0.4, -0.2) is 47.3 Å². The van der Waals surface area contributed by atoms with Crippen molar-refractivity contribution in [2.45, 2.75) is 24.5 Å². The summed E-state index contributed by atoms with van der Waals surface area (Å²) in [5, 5.41) is 9.75. The van der Waals surface area contributed by atoms with Gasteiger partial charge in [-0.25, -0.2) is 4.79 Å². The summed E-state index contributed by atoms with van der Waals surface area (Å²) in [7, 11) is 0. The molecule has 1 aliphatic heterocycles. The van der Waals surface area contributed by atoms with Gasteiger partial charge in [-0.1, -0.05) is 48.5 Å². The first-order chi connectivity index (χ1) is 12.6. The van der Waals surface area contributed by atoms with Crippen LogP contribution in [0.25, 0.3) is 11.1 Å². The van der Waals surface area contributed by atoms with Gasteiger partial charge < -0.3 is 15.6 Å². The summed E-state index contributed by atoms with van der Waals surface area (Å²) in [5.41, 5.74) is 9.87. The number of carbonyl (C=O) groups excluding carboxylic acids is 2. The summed E-state index contributed by atoms with van der Waals surface area (Å²) in [6, 6.07) is 15.3. The van der Waals surface area contributed by atoms with Crippen molar-refractivity contribution in [2.75, 3.05) is 13.2 Å². The molecule has 2 atom stereocenters. The molecule has 2 aromatic carbocycles. The fraction of sp³-hybridized carbons (Fsp3) is 0.300. The molecule has 1 saturated heterocycles. The Morgan fingerprint density at radius 2 is 1.65 bits per heavy atom. The van der Waals surface area contributed by atoms with Crippen LogP contribution in [0.2, 0.25) is 0 Å². The molecule has 4 rings (SSSR count). The highest BCUT2D eigenvalue weighted by atomic mass is 16.6. The van der Waals surface area contributed by atoms with Crippen LogP contribution in [0.3, 0.4) is 0 Å². The number of rotatable bonds is 3. The van der Waals surface area contributed by atoms with E-state index in [0.717, 1.165) is 22.3 Å². The Balaban J connectivity index is 1.53. The molecule has 0 aromatic heterocycles. The normalized spacial score (nSPS) is 21.3. The Hall–Kier alpha value is -2.86. The minimum absolute atomic E-state index is 0.0501. The zero-order valence-corrected chi connectivity index (χ0v) is 14.2. The Kier molecular flexibility index (Phi) is 4.12. The lowest BCUT2D eigenvalue weighted by atomic mass is 9.98. The van der Waals surface area contributed by atoms with Crippen molar-refractivity contribution in [2.24, 2.45) is 5.73 Å². The van der Waals surface area contributed by atoms with E-state index in [0.29, 0.717) is 0 Å². The molecule has 2 amide bonds. The number of ether oxygens (including phenoxy) is 1. The van der Waals surface area contributed by atoms with Crippen molar-refractivity contribution in [3.8, 4) is 11.1 Å². The van der Waals surface area contributed by atoms with Crippen LogP contribution in [-0.2, 0) is 9.53 Å². The van der Waals surface area contributed by atoms with Gasteiger partial charge in [0.2, 0.25) is 5.91 Å². The highest BCUT2D eigenvalue weighted by Gasteiger charge is 2.39. The van der Waals surface area contributed by atoms with Crippen LogP contribution in [0, 0.1) is 0 Å².